The first-order valence-corrected chi connectivity index (χ1v) is 10.0. The molecule has 4 aromatic rings. The Morgan fingerprint density at radius 3 is 1.96 bits per heavy atom. The minimum Gasteiger partial charge on any atom is -0.403 e. The van der Waals surface area contributed by atoms with Gasteiger partial charge >= 0.3 is 0 Å². The van der Waals surface area contributed by atoms with Gasteiger partial charge in [-0.3, -0.25) is 0 Å². The van der Waals surface area contributed by atoms with E-state index in [4.69, 9.17) is 4.18 Å². The molecule has 27 heavy (non-hydrogen) atoms. The summed E-state index contributed by atoms with van der Waals surface area (Å²) in [5.74, 6) is 0.636. The maximum Gasteiger partial charge on any atom is 0.193 e. The second kappa shape index (κ2) is 8.90. The van der Waals surface area contributed by atoms with Crippen molar-refractivity contribution in [1.29, 1.82) is 0 Å². The average Bonchev–Trinajstić information content (AvgIpc) is 2.66. The fourth-order valence-electron chi connectivity index (χ4n) is 2.88. The van der Waals surface area contributed by atoms with Crippen LogP contribution in [0.25, 0.3) is 21.5 Å². The summed E-state index contributed by atoms with van der Waals surface area (Å²) < 4.78 is 35.7. The second-order valence-corrected chi connectivity index (χ2v) is 7.12. The van der Waals surface area contributed by atoms with Crippen molar-refractivity contribution >= 4 is 44.6 Å². The molecule has 6 heteroatoms. The monoisotopic (exact) mass is 398 g/mol. The standard InChI is InChI=1S/C14H10O2S.C7H8O2S/c15-17(16)14-12-7-3-1-5-10(12)9-11-6-2-4-8-13(11)14;1-6-3-2-4-7(5-6)9-10-8/h1-9H,(H,15,16);2-5,10H,1H3. The fraction of sp³-hybridized carbons (Fsp3) is 0.0476. The highest BCUT2D eigenvalue weighted by Crippen LogP contribution is 2.30. The Kier molecular flexibility index (Phi) is 6.34. The third-order valence-corrected chi connectivity index (χ3v) is 5.10. The van der Waals surface area contributed by atoms with Crippen LogP contribution in [0.15, 0.2) is 83.8 Å². The lowest BCUT2D eigenvalue weighted by Gasteiger charge is -2.07. The Morgan fingerprint density at radius 2 is 1.44 bits per heavy atom. The van der Waals surface area contributed by atoms with E-state index < -0.39 is 11.1 Å². The molecule has 0 saturated carbocycles. The van der Waals surface area contributed by atoms with Crippen LogP contribution in [0.3, 0.4) is 0 Å². The molecule has 4 aromatic carbocycles. The molecule has 0 heterocycles. The largest absolute Gasteiger partial charge is 0.403 e. The molecule has 0 amide bonds. The van der Waals surface area contributed by atoms with E-state index in [1.165, 1.54) is 0 Å². The van der Waals surface area contributed by atoms with Crippen LogP contribution in [0.2, 0.25) is 0 Å². The van der Waals surface area contributed by atoms with E-state index in [-0.39, 0.29) is 11.9 Å². The van der Waals surface area contributed by atoms with Gasteiger partial charge in [-0.25, -0.2) is 8.42 Å². The Labute approximate surface area is 163 Å². The molecule has 0 aliphatic rings. The molecular formula is C21H18O4S2. The van der Waals surface area contributed by atoms with Gasteiger partial charge in [-0.15, -0.1) is 0 Å². The highest BCUT2D eigenvalue weighted by molar-refractivity contribution is 7.79. The number of fused-ring (bicyclic) bond motifs is 2. The fourth-order valence-corrected chi connectivity index (χ4v) is 3.82. The molecule has 0 fully saturated rings. The van der Waals surface area contributed by atoms with E-state index >= 15 is 0 Å². The predicted octanol–water partition coefficient (Wildman–Crippen LogP) is 4.81. The van der Waals surface area contributed by atoms with E-state index in [0.717, 1.165) is 27.1 Å². The van der Waals surface area contributed by atoms with Gasteiger partial charge in [0.05, 0.1) is 4.90 Å². The van der Waals surface area contributed by atoms with Gasteiger partial charge in [-0.1, -0.05) is 60.7 Å². The SMILES string of the molecule is Cc1cccc(O[SH]=O)c1.O=S(O)c1c2ccccc2cc2ccccc12. The van der Waals surface area contributed by atoms with Crippen molar-refractivity contribution in [3.63, 3.8) is 0 Å². The summed E-state index contributed by atoms with van der Waals surface area (Å²) in [6.07, 6.45) is 0. The molecule has 0 saturated heterocycles. The van der Waals surface area contributed by atoms with Crippen molar-refractivity contribution in [3.05, 3.63) is 84.4 Å². The van der Waals surface area contributed by atoms with Crippen molar-refractivity contribution < 1.29 is 17.2 Å². The van der Waals surface area contributed by atoms with Crippen molar-refractivity contribution in [2.24, 2.45) is 0 Å². The van der Waals surface area contributed by atoms with E-state index in [1.54, 1.807) is 6.07 Å². The third kappa shape index (κ3) is 4.60. The van der Waals surface area contributed by atoms with Gasteiger partial charge in [0.1, 0.15) is 5.75 Å². The summed E-state index contributed by atoms with van der Waals surface area (Å²) in [5, 5.41) is 3.66. The number of rotatable bonds is 3. The normalized spacial score (nSPS) is 11.6. The molecule has 1 unspecified atom stereocenters. The molecule has 4 nitrogen and oxygen atoms in total. The van der Waals surface area contributed by atoms with Gasteiger partial charge in [0, 0.05) is 10.8 Å². The van der Waals surface area contributed by atoms with Crippen LogP contribution in [-0.2, 0) is 23.0 Å². The molecule has 0 aliphatic heterocycles. The first kappa shape index (κ1) is 19.2. The first-order valence-electron chi connectivity index (χ1n) is 8.18. The Balaban J connectivity index is 0.000000180. The van der Waals surface area contributed by atoms with Crippen LogP contribution in [0.1, 0.15) is 5.56 Å². The topological polar surface area (TPSA) is 63.6 Å². The zero-order valence-corrected chi connectivity index (χ0v) is 16.2. The lowest BCUT2D eigenvalue weighted by Crippen LogP contribution is -1.92. The van der Waals surface area contributed by atoms with E-state index in [1.807, 2.05) is 79.7 Å². The average molecular weight is 399 g/mol. The van der Waals surface area contributed by atoms with Crippen LogP contribution in [0, 0.1) is 6.92 Å². The predicted molar refractivity (Wildman–Crippen MR) is 112 cm³/mol. The highest BCUT2D eigenvalue weighted by Gasteiger charge is 2.11. The van der Waals surface area contributed by atoms with E-state index in [2.05, 4.69) is 0 Å². The number of thiol groups is 1. The highest BCUT2D eigenvalue weighted by atomic mass is 32.2. The third-order valence-electron chi connectivity index (χ3n) is 4.03. The van der Waals surface area contributed by atoms with Gasteiger partial charge in [0.2, 0.25) is 0 Å². The number of hydrogen-bond acceptors (Lipinski definition) is 3. The molecule has 138 valence electrons. The van der Waals surface area contributed by atoms with Crippen molar-refractivity contribution in [3.8, 4) is 5.75 Å². The molecule has 1 N–H and O–H groups in total. The van der Waals surface area contributed by atoms with E-state index in [0.29, 0.717) is 10.6 Å². The molecule has 0 radical (unpaired) electrons. The summed E-state index contributed by atoms with van der Waals surface area (Å²) in [4.78, 5) is 0.499. The summed E-state index contributed by atoms with van der Waals surface area (Å²) in [6.45, 7) is 1.95. The quantitative estimate of drug-likeness (QED) is 0.295. The van der Waals surface area contributed by atoms with Gasteiger partial charge in [0.15, 0.2) is 23.0 Å². The molecule has 0 aromatic heterocycles. The summed E-state index contributed by atoms with van der Waals surface area (Å²) in [5.41, 5.74) is 1.10. The van der Waals surface area contributed by atoms with Crippen LogP contribution in [0.5, 0.6) is 5.75 Å². The van der Waals surface area contributed by atoms with Gasteiger partial charge < -0.3 is 8.74 Å². The van der Waals surface area contributed by atoms with Crippen molar-refractivity contribution in [1.82, 2.24) is 0 Å². The molecule has 0 bridgehead atoms. The minimum atomic E-state index is -1.98. The number of aryl methyl sites for hydroxylation is 1. The lowest BCUT2D eigenvalue weighted by atomic mass is 10.0. The molecule has 0 aliphatic carbocycles. The Hall–Kier alpha value is -2.54. The van der Waals surface area contributed by atoms with Crippen LogP contribution < -0.4 is 4.18 Å². The number of benzene rings is 4. The zero-order valence-electron chi connectivity index (χ0n) is 14.5. The number of hydrogen-bond donors (Lipinski definition) is 2. The Bertz CT molecular complexity index is 1070. The molecule has 1 atom stereocenters. The Morgan fingerprint density at radius 1 is 0.852 bits per heavy atom. The zero-order chi connectivity index (χ0) is 19.2. The summed E-state index contributed by atoms with van der Waals surface area (Å²) in [6, 6.07) is 24.7. The summed E-state index contributed by atoms with van der Waals surface area (Å²) in [7, 11) is 0. The smallest absolute Gasteiger partial charge is 0.193 e. The van der Waals surface area contributed by atoms with E-state index in [9.17, 15) is 13.0 Å². The minimum absolute atomic E-state index is 0.302. The first-order chi connectivity index (χ1) is 13.1. The molecular weight excluding hydrogens is 380 g/mol. The van der Waals surface area contributed by atoms with Crippen LogP contribution >= 0.6 is 0 Å². The van der Waals surface area contributed by atoms with Gasteiger partial charge in [0.25, 0.3) is 0 Å². The van der Waals surface area contributed by atoms with Crippen molar-refractivity contribution in [2.45, 2.75) is 11.8 Å². The maximum absolute atomic E-state index is 11.5. The van der Waals surface area contributed by atoms with Crippen molar-refractivity contribution in [2.75, 3.05) is 0 Å². The molecule has 0 spiro atoms. The summed E-state index contributed by atoms with van der Waals surface area (Å²) >= 11 is -2.28. The van der Waals surface area contributed by atoms with Gasteiger partial charge in [-0.2, -0.15) is 0 Å². The lowest BCUT2D eigenvalue weighted by molar-refractivity contribution is 0.566. The molecule has 4 rings (SSSR count). The van der Waals surface area contributed by atoms with Crippen LogP contribution in [-0.4, -0.2) is 13.0 Å². The van der Waals surface area contributed by atoms with Crippen LogP contribution in [0.4, 0.5) is 0 Å². The van der Waals surface area contributed by atoms with Gasteiger partial charge in [-0.05, 0) is 41.5 Å². The second-order valence-electron chi connectivity index (χ2n) is 5.88. The maximum atomic E-state index is 11.5.